The topological polar surface area (TPSA) is 93.0 Å². The predicted octanol–water partition coefficient (Wildman–Crippen LogP) is 3.70. The van der Waals surface area contributed by atoms with Crippen LogP contribution in [0.4, 0.5) is 0 Å². The minimum Gasteiger partial charge on any atom is -0.425 e. The molecule has 1 atom stereocenters. The molecule has 1 aliphatic rings. The number of nitrogens with one attached hydrogen (secondary N) is 2. The van der Waals surface area contributed by atoms with Gasteiger partial charge in [0.2, 0.25) is 17.7 Å². The molecule has 2 N–H and O–H groups in total. The number of ether oxygens (including phenoxy) is 1. The third-order valence-electron chi connectivity index (χ3n) is 5.93. The SMILES string of the molecule is O=C(CCc1nnc(CCc2c[nH]c3ccccc23)o1)NC[C@H]1OCCc2ccccc21. The highest BCUT2D eigenvalue weighted by molar-refractivity contribution is 5.83. The summed E-state index contributed by atoms with van der Waals surface area (Å²) in [7, 11) is 0. The van der Waals surface area contributed by atoms with Crippen LogP contribution in [-0.2, 0) is 35.2 Å². The number of hydrogen-bond acceptors (Lipinski definition) is 5. The van der Waals surface area contributed by atoms with Gasteiger partial charge in [-0.25, -0.2) is 0 Å². The normalized spacial score (nSPS) is 15.6. The smallest absolute Gasteiger partial charge is 0.220 e. The molecule has 0 spiro atoms. The van der Waals surface area contributed by atoms with E-state index in [9.17, 15) is 4.79 Å². The van der Waals surface area contributed by atoms with Crippen LogP contribution in [0.25, 0.3) is 10.9 Å². The molecule has 0 saturated heterocycles. The molecule has 1 amide bonds. The van der Waals surface area contributed by atoms with Crippen LogP contribution in [0.2, 0.25) is 0 Å². The fraction of sp³-hybridized carbons (Fsp3) is 0.320. The zero-order valence-corrected chi connectivity index (χ0v) is 17.8. The van der Waals surface area contributed by atoms with Gasteiger partial charge in [0.15, 0.2) is 0 Å². The Balaban J connectivity index is 1.09. The third kappa shape index (κ3) is 4.57. The first-order valence-electron chi connectivity index (χ1n) is 11.1. The van der Waals surface area contributed by atoms with Gasteiger partial charge in [-0.3, -0.25) is 4.79 Å². The molecule has 0 aliphatic carbocycles. The zero-order valence-electron chi connectivity index (χ0n) is 17.8. The van der Waals surface area contributed by atoms with Crippen LogP contribution in [0.1, 0.15) is 41.0 Å². The first-order chi connectivity index (χ1) is 15.8. The highest BCUT2D eigenvalue weighted by atomic mass is 16.5. The summed E-state index contributed by atoms with van der Waals surface area (Å²) in [6.45, 7) is 1.15. The summed E-state index contributed by atoms with van der Waals surface area (Å²) in [6.07, 6.45) is 5.06. The average molecular weight is 431 g/mol. The number of aryl methyl sites for hydroxylation is 3. The molecular formula is C25H26N4O3. The number of para-hydroxylation sites is 1. The van der Waals surface area contributed by atoms with Crippen LogP contribution in [0.15, 0.2) is 59.1 Å². The van der Waals surface area contributed by atoms with Gasteiger partial charge in [0.25, 0.3) is 0 Å². The van der Waals surface area contributed by atoms with Crippen molar-refractivity contribution in [1.82, 2.24) is 20.5 Å². The van der Waals surface area contributed by atoms with Crippen LogP contribution in [-0.4, -0.2) is 34.2 Å². The van der Waals surface area contributed by atoms with Crippen molar-refractivity contribution in [1.29, 1.82) is 0 Å². The highest BCUT2D eigenvalue weighted by Gasteiger charge is 2.21. The number of amides is 1. The van der Waals surface area contributed by atoms with Crippen LogP contribution < -0.4 is 5.32 Å². The monoisotopic (exact) mass is 430 g/mol. The summed E-state index contributed by atoms with van der Waals surface area (Å²) in [4.78, 5) is 15.6. The number of H-pyrrole nitrogens is 1. The van der Waals surface area contributed by atoms with Crippen molar-refractivity contribution in [2.45, 2.75) is 38.2 Å². The summed E-state index contributed by atoms with van der Waals surface area (Å²) in [6, 6.07) is 16.5. The summed E-state index contributed by atoms with van der Waals surface area (Å²) in [5.41, 5.74) is 4.81. The van der Waals surface area contributed by atoms with Crippen LogP contribution in [0.5, 0.6) is 0 Å². The van der Waals surface area contributed by atoms with Crippen molar-refractivity contribution < 1.29 is 13.9 Å². The van der Waals surface area contributed by atoms with Crippen molar-refractivity contribution in [3.63, 3.8) is 0 Å². The Labute approximate surface area is 186 Å². The van der Waals surface area contributed by atoms with Gasteiger partial charge in [0.1, 0.15) is 6.10 Å². The number of carbonyl (C=O) groups excluding carboxylic acids is 1. The van der Waals surface area contributed by atoms with E-state index < -0.39 is 0 Å². The Hall–Kier alpha value is -3.45. The molecule has 2 aromatic heterocycles. The van der Waals surface area contributed by atoms with E-state index in [1.807, 2.05) is 30.5 Å². The van der Waals surface area contributed by atoms with Crippen LogP contribution in [0, 0.1) is 0 Å². The molecule has 32 heavy (non-hydrogen) atoms. The number of hydrogen-bond donors (Lipinski definition) is 2. The Bertz CT molecular complexity index is 1210. The summed E-state index contributed by atoms with van der Waals surface area (Å²) in [5, 5.41) is 12.4. The lowest BCUT2D eigenvalue weighted by atomic mass is 9.97. The molecule has 2 aromatic carbocycles. The molecule has 0 unspecified atom stereocenters. The zero-order chi connectivity index (χ0) is 21.8. The number of fused-ring (bicyclic) bond motifs is 2. The lowest BCUT2D eigenvalue weighted by Gasteiger charge is -2.26. The first-order valence-corrected chi connectivity index (χ1v) is 11.1. The lowest BCUT2D eigenvalue weighted by molar-refractivity contribution is -0.121. The third-order valence-corrected chi connectivity index (χ3v) is 5.93. The molecular weight excluding hydrogens is 404 g/mol. The van der Waals surface area contributed by atoms with Crippen molar-refractivity contribution in [2.75, 3.05) is 13.2 Å². The maximum absolute atomic E-state index is 12.3. The van der Waals surface area contributed by atoms with Gasteiger partial charge in [-0.1, -0.05) is 42.5 Å². The second-order valence-corrected chi connectivity index (χ2v) is 8.06. The van der Waals surface area contributed by atoms with Gasteiger partial charge in [-0.2, -0.15) is 0 Å². The number of aromatic amines is 1. The maximum atomic E-state index is 12.3. The summed E-state index contributed by atoms with van der Waals surface area (Å²) in [5.74, 6) is 1.04. The van der Waals surface area contributed by atoms with E-state index in [-0.39, 0.29) is 12.0 Å². The number of rotatable bonds is 8. The molecule has 3 heterocycles. The van der Waals surface area contributed by atoms with Crippen molar-refractivity contribution in [2.24, 2.45) is 0 Å². The second-order valence-electron chi connectivity index (χ2n) is 8.06. The maximum Gasteiger partial charge on any atom is 0.220 e. The van der Waals surface area contributed by atoms with E-state index in [1.54, 1.807) is 0 Å². The van der Waals surface area contributed by atoms with Crippen molar-refractivity contribution >= 4 is 16.8 Å². The van der Waals surface area contributed by atoms with E-state index in [0.29, 0.717) is 44.2 Å². The van der Waals surface area contributed by atoms with Gasteiger partial charge in [0, 0.05) is 42.9 Å². The molecule has 0 fully saturated rings. The minimum atomic E-state index is -0.0941. The molecule has 4 aromatic rings. The van der Waals surface area contributed by atoms with Gasteiger partial charge in [-0.05, 0) is 35.6 Å². The number of carbonyl (C=O) groups is 1. The molecule has 0 saturated carbocycles. The average Bonchev–Trinajstić information content (AvgIpc) is 3.47. The Kier molecular flexibility index (Phi) is 5.98. The molecule has 7 nitrogen and oxygen atoms in total. The Morgan fingerprint density at radius 2 is 1.84 bits per heavy atom. The van der Waals surface area contributed by atoms with Crippen LogP contribution >= 0.6 is 0 Å². The van der Waals surface area contributed by atoms with E-state index in [4.69, 9.17) is 9.15 Å². The predicted molar refractivity (Wildman–Crippen MR) is 120 cm³/mol. The summed E-state index contributed by atoms with van der Waals surface area (Å²) < 4.78 is 11.6. The molecule has 0 bridgehead atoms. The van der Waals surface area contributed by atoms with Gasteiger partial charge in [-0.15, -0.1) is 10.2 Å². The summed E-state index contributed by atoms with van der Waals surface area (Å²) >= 11 is 0. The number of aromatic nitrogens is 3. The highest BCUT2D eigenvalue weighted by Crippen LogP contribution is 2.26. The molecule has 0 radical (unpaired) electrons. The lowest BCUT2D eigenvalue weighted by Crippen LogP contribution is -2.32. The van der Waals surface area contributed by atoms with Gasteiger partial charge >= 0.3 is 0 Å². The van der Waals surface area contributed by atoms with Crippen molar-refractivity contribution in [3.05, 3.63) is 83.2 Å². The number of nitrogens with zero attached hydrogens (tertiary/aromatic N) is 2. The van der Waals surface area contributed by atoms with Gasteiger partial charge in [0.05, 0.1) is 6.61 Å². The minimum absolute atomic E-state index is 0.0461. The van der Waals surface area contributed by atoms with Crippen LogP contribution in [0.3, 0.4) is 0 Å². The Morgan fingerprint density at radius 3 is 2.78 bits per heavy atom. The van der Waals surface area contributed by atoms with E-state index in [1.165, 1.54) is 16.5 Å². The fourth-order valence-corrected chi connectivity index (χ4v) is 4.23. The molecule has 7 heteroatoms. The Morgan fingerprint density at radius 1 is 1.03 bits per heavy atom. The first kappa shape index (κ1) is 20.5. The second kappa shape index (κ2) is 9.36. The quantitative estimate of drug-likeness (QED) is 0.445. The number of benzene rings is 2. The molecule has 5 rings (SSSR count). The van der Waals surface area contributed by atoms with Gasteiger partial charge < -0.3 is 19.5 Å². The standard InChI is InChI=1S/C25H26N4O3/c30-23(27-16-22-20-7-2-1-5-17(20)13-14-31-22)10-12-25-29-28-24(32-25)11-9-18-15-26-21-8-4-3-6-19(18)21/h1-8,15,22,26H,9-14,16H2,(H,27,30)/t22-/m1/s1. The van der Waals surface area contributed by atoms with E-state index in [2.05, 4.69) is 44.8 Å². The molecule has 164 valence electrons. The largest absolute Gasteiger partial charge is 0.425 e. The van der Waals surface area contributed by atoms with E-state index in [0.717, 1.165) is 23.9 Å². The molecule has 1 aliphatic heterocycles. The van der Waals surface area contributed by atoms with Crippen molar-refractivity contribution in [3.8, 4) is 0 Å². The van der Waals surface area contributed by atoms with E-state index >= 15 is 0 Å². The fourth-order valence-electron chi connectivity index (χ4n) is 4.23.